The van der Waals surface area contributed by atoms with E-state index in [4.69, 9.17) is 0 Å². The van der Waals surface area contributed by atoms with Gasteiger partial charge in [-0.25, -0.2) is 0 Å². The molecule has 0 radical (unpaired) electrons. The van der Waals surface area contributed by atoms with E-state index in [1.165, 1.54) is 12.1 Å². The van der Waals surface area contributed by atoms with Crippen molar-refractivity contribution in [2.24, 2.45) is 11.0 Å². The summed E-state index contributed by atoms with van der Waals surface area (Å²) in [6, 6.07) is 7.63. The van der Waals surface area contributed by atoms with Crippen molar-refractivity contribution in [1.82, 2.24) is 0 Å². The SMILES string of the molecule is O=CC1C(=O)N(c2ccccc2)N=C1C(F)(F)F. The second-order valence-corrected chi connectivity index (χ2v) is 3.58. The lowest BCUT2D eigenvalue weighted by Gasteiger charge is -2.11. The fraction of sp³-hybridized carbons (Fsp3) is 0.182. The number of para-hydroxylation sites is 1. The molecule has 1 aromatic carbocycles. The van der Waals surface area contributed by atoms with Crippen LogP contribution in [0.25, 0.3) is 0 Å². The van der Waals surface area contributed by atoms with Crippen molar-refractivity contribution >= 4 is 23.6 Å². The highest BCUT2D eigenvalue weighted by atomic mass is 19.4. The summed E-state index contributed by atoms with van der Waals surface area (Å²) in [5.41, 5.74) is -1.19. The number of aldehydes is 1. The van der Waals surface area contributed by atoms with Gasteiger partial charge >= 0.3 is 6.18 Å². The molecular formula is C11H7F3N2O2. The normalized spacial score (nSPS) is 19.9. The van der Waals surface area contributed by atoms with Crippen LogP contribution in [0.5, 0.6) is 0 Å². The molecule has 94 valence electrons. The molecule has 1 unspecified atom stereocenters. The number of benzene rings is 1. The van der Waals surface area contributed by atoms with Gasteiger partial charge in [-0.2, -0.15) is 23.3 Å². The number of anilines is 1. The average molecular weight is 256 g/mol. The lowest BCUT2D eigenvalue weighted by molar-refractivity contribution is -0.125. The summed E-state index contributed by atoms with van der Waals surface area (Å²) < 4.78 is 37.8. The monoisotopic (exact) mass is 256 g/mol. The summed E-state index contributed by atoms with van der Waals surface area (Å²) in [5.74, 6) is -2.88. The maximum absolute atomic E-state index is 12.6. The van der Waals surface area contributed by atoms with E-state index in [1.54, 1.807) is 18.2 Å². The molecule has 1 aromatic rings. The number of halogens is 3. The van der Waals surface area contributed by atoms with E-state index in [0.29, 0.717) is 5.01 Å². The second kappa shape index (κ2) is 4.25. The molecule has 1 amide bonds. The Hall–Kier alpha value is -2.18. The van der Waals surface area contributed by atoms with Gasteiger partial charge in [-0.3, -0.25) is 4.79 Å². The Kier molecular flexibility index (Phi) is 2.90. The van der Waals surface area contributed by atoms with Crippen molar-refractivity contribution < 1.29 is 22.8 Å². The molecule has 0 bridgehead atoms. The van der Waals surface area contributed by atoms with Crippen LogP contribution in [0.3, 0.4) is 0 Å². The maximum Gasteiger partial charge on any atom is 0.432 e. The van der Waals surface area contributed by atoms with Gasteiger partial charge in [-0.15, -0.1) is 0 Å². The van der Waals surface area contributed by atoms with Crippen LogP contribution in [-0.2, 0) is 9.59 Å². The Morgan fingerprint density at radius 1 is 1.22 bits per heavy atom. The van der Waals surface area contributed by atoms with Crippen LogP contribution in [0.1, 0.15) is 0 Å². The van der Waals surface area contributed by atoms with Gasteiger partial charge in [0, 0.05) is 0 Å². The van der Waals surface area contributed by atoms with Crippen molar-refractivity contribution in [2.45, 2.75) is 6.18 Å². The largest absolute Gasteiger partial charge is 0.432 e. The van der Waals surface area contributed by atoms with E-state index in [0.717, 1.165) is 0 Å². The molecule has 1 atom stereocenters. The zero-order chi connectivity index (χ0) is 13.3. The highest BCUT2D eigenvalue weighted by Crippen LogP contribution is 2.30. The fourth-order valence-electron chi connectivity index (χ4n) is 1.58. The predicted molar refractivity (Wildman–Crippen MR) is 57.0 cm³/mol. The van der Waals surface area contributed by atoms with Crippen LogP contribution in [0.15, 0.2) is 35.4 Å². The zero-order valence-corrected chi connectivity index (χ0v) is 8.89. The summed E-state index contributed by atoms with van der Waals surface area (Å²) >= 11 is 0. The van der Waals surface area contributed by atoms with Gasteiger partial charge < -0.3 is 4.79 Å². The van der Waals surface area contributed by atoms with Gasteiger partial charge in [0.2, 0.25) is 0 Å². The lowest BCUT2D eigenvalue weighted by Crippen LogP contribution is -2.34. The van der Waals surface area contributed by atoms with Crippen molar-refractivity contribution in [3.63, 3.8) is 0 Å². The van der Waals surface area contributed by atoms with Gasteiger partial charge in [-0.1, -0.05) is 18.2 Å². The predicted octanol–water partition coefficient (Wildman–Crippen LogP) is 1.77. The van der Waals surface area contributed by atoms with Crippen LogP contribution in [-0.4, -0.2) is 24.1 Å². The first-order chi connectivity index (χ1) is 8.45. The van der Waals surface area contributed by atoms with E-state index in [2.05, 4.69) is 5.10 Å². The van der Waals surface area contributed by atoms with E-state index in [-0.39, 0.29) is 12.0 Å². The van der Waals surface area contributed by atoms with E-state index < -0.39 is 23.7 Å². The molecule has 2 rings (SSSR count). The Balaban J connectivity index is 2.43. The van der Waals surface area contributed by atoms with Crippen molar-refractivity contribution in [2.75, 3.05) is 5.01 Å². The Morgan fingerprint density at radius 3 is 2.28 bits per heavy atom. The van der Waals surface area contributed by atoms with Crippen molar-refractivity contribution in [1.29, 1.82) is 0 Å². The van der Waals surface area contributed by atoms with Gasteiger partial charge in [0.15, 0.2) is 5.71 Å². The minimum atomic E-state index is -4.80. The standard InChI is InChI=1S/C11H7F3N2O2/c12-11(13,14)9-8(6-17)10(18)16(15-9)7-4-2-1-3-5-7/h1-6,8H. The molecule has 0 N–H and O–H groups in total. The molecule has 0 saturated heterocycles. The molecule has 18 heavy (non-hydrogen) atoms. The van der Waals surface area contributed by atoms with Gasteiger partial charge in [0.05, 0.1) is 5.69 Å². The minimum absolute atomic E-state index is 0.0441. The van der Waals surface area contributed by atoms with Crippen LogP contribution in [0.4, 0.5) is 18.9 Å². The van der Waals surface area contributed by atoms with E-state index >= 15 is 0 Å². The fourth-order valence-corrected chi connectivity index (χ4v) is 1.58. The number of hydrazone groups is 1. The molecule has 0 spiro atoms. The molecule has 7 heteroatoms. The maximum atomic E-state index is 12.6. The quantitative estimate of drug-likeness (QED) is 0.598. The second-order valence-electron chi connectivity index (χ2n) is 3.58. The van der Waals surface area contributed by atoms with Crippen LogP contribution < -0.4 is 5.01 Å². The van der Waals surface area contributed by atoms with Gasteiger partial charge in [-0.05, 0) is 12.1 Å². The third-order valence-electron chi connectivity index (χ3n) is 2.40. The summed E-state index contributed by atoms with van der Waals surface area (Å²) in [5, 5.41) is 3.81. The van der Waals surface area contributed by atoms with E-state index in [1.807, 2.05) is 0 Å². The van der Waals surface area contributed by atoms with Crippen molar-refractivity contribution in [3.8, 4) is 0 Å². The number of carbonyl (C=O) groups is 2. The molecule has 1 aliphatic rings. The number of hydrogen-bond acceptors (Lipinski definition) is 3. The smallest absolute Gasteiger partial charge is 0.302 e. The molecule has 0 aromatic heterocycles. The lowest BCUT2D eigenvalue weighted by atomic mass is 10.1. The zero-order valence-electron chi connectivity index (χ0n) is 8.89. The van der Waals surface area contributed by atoms with E-state index in [9.17, 15) is 22.8 Å². The molecular weight excluding hydrogens is 249 g/mol. The molecule has 0 fully saturated rings. The third-order valence-corrected chi connectivity index (χ3v) is 2.40. The number of alkyl halides is 3. The molecule has 0 saturated carbocycles. The van der Waals surface area contributed by atoms with Crippen molar-refractivity contribution in [3.05, 3.63) is 30.3 Å². The molecule has 1 heterocycles. The highest BCUT2D eigenvalue weighted by molar-refractivity contribution is 6.24. The summed E-state index contributed by atoms with van der Waals surface area (Å²) in [6.07, 6.45) is -4.84. The topological polar surface area (TPSA) is 49.7 Å². The number of hydrogen-bond donors (Lipinski definition) is 0. The van der Waals surface area contributed by atoms with Crippen LogP contribution >= 0.6 is 0 Å². The average Bonchev–Trinajstić information content (AvgIpc) is 2.67. The Bertz CT molecular complexity index is 511. The first-order valence-corrected chi connectivity index (χ1v) is 4.95. The minimum Gasteiger partial charge on any atom is -0.302 e. The number of nitrogens with zero attached hydrogens (tertiary/aromatic N) is 2. The summed E-state index contributed by atoms with van der Waals surface area (Å²) in [4.78, 5) is 22.3. The third kappa shape index (κ3) is 1.99. The summed E-state index contributed by atoms with van der Waals surface area (Å²) in [6.45, 7) is 0. The van der Waals surface area contributed by atoms with Gasteiger partial charge in [0.25, 0.3) is 5.91 Å². The first-order valence-electron chi connectivity index (χ1n) is 4.95. The highest BCUT2D eigenvalue weighted by Gasteiger charge is 2.50. The molecule has 4 nitrogen and oxygen atoms in total. The molecule has 1 aliphatic heterocycles. The Labute approximate surface area is 99.7 Å². The number of rotatable bonds is 2. The van der Waals surface area contributed by atoms with Crippen LogP contribution in [0.2, 0.25) is 0 Å². The number of carbonyl (C=O) groups excluding carboxylic acids is 2. The van der Waals surface area contributed by atoms with Crippen LogP contribution in [0, 0.1) is 5.92 Å². The summed E-state index contributed by atoms with van der Waals surface area (Å²) in [7, 11) is 0. The Morgan fingerprint density at radius 2 is 1.83 bits per heavy atom. The number of amides is 1. The first kappa shape index (κ1) is 12.3. The van der Waals surface area contributed by atoms with Gasteiger partial charge in [0.1, 0.15) is 12.2 Å². The molecule has 0 aliphatic carbocycles.